The van der Waals surface area contributed by atoms with Crippen LogP contribution in [0.25, 0.3) is 0 Å². The summed E-state index contributed by atoms with van der Waals surface area (Å²) in [5.74, 6) is 0.327. The van der Waals surface area contributed by atoms with E-state index in [0.717, 1.165) is 0 Å². The summed E-state index contributed by atoms with van der Waals surface area (Å²) in [5.41, 5.74) is -1.95. The van der Waals surface area contributed by atoms with Crippen molar-refractivity contribution in [1.29, 1.82) is 0 Å². The summed E-state index contributed by atoms with van der Waals surface area (Å²) >= 11 is 0. The molecule has 0 spiro atoms. The molecular formula is C16H18N2O6. The van der Waals surface area contributed by atoms with Gasteiger partial charge in [0.25, 0.3) is 0 Å². The fraction of sp³-hybridized carbons (Fsp3) is 0.750. The van der Waals surface area contributed by atoms with Gasteiger partial charge in [-0.1, -0.05) is 0 Å². The van der Waals surface area contributed by atoms with Crippen molar-refractivity contribution in [2.45, 2.75) is 12.1 Å². The van der Waals surface area contributed by atoms with Crippen LogP contribution >= 0.6 is 0 Å². The van der Waals surface area contributed by atoms with Crippen LogP contribution in [0.4, 0.5) is 0 Å². The van der Waals surface area contributed by atoms with Gasteiger partial charge in [-0.3, -0.25) is 9.59 Å². The topological polar surface area (TPSA) is 95.8 Å². The van der Waals surface area contributed by atoms with Crippen molar-refractivity contribution in [2.24, 2.45) is 44.5 Å². The molecule has 3 aliphatic carbocycles. The number of hydrogen-bond acceptors (Lipinski definition) is 8. The second kappa shape index (κ2) is 3.92. The predicted molar refractivity (Wildman–Crippen MR) is 79.3 cm³/mol. The summed E-state index contributed by atoms with van der Waals surface area (Å²) in [6.07, 6.45) is 0. The number of ether oxygens (including phenoxy) is 4. The molecule has 2 heterocycles. The molecule has 3 fully saturated rings. The van der Waals surface area contributed by atoms with Gasteiger partial charge in [-0.15, -0.1) is 0 Å². The van der Waals surface area contributed by atoms with Crippen LogP contribution < -0.4 is 0 Å². The molecule has 8 nitrogen and oxygen atoms in total. The lowest BCUT2D eigenvalue weighted by molar-refractivity contribution is -0.315. The largest absolute Gasteiger partial charge is 0.483 e. The first kappa shape index (κ1) is 14.2. The second-order valence-corrected chi connectivity index (χ2v) is 7.09. The van der Waals surface area contributed by atoms with Crippen molar-refractivity contribution in [3.8, 4) is 0 Å². The second-order valence-electron chi connectivity index (χ2n) is 7.09. The molecule has 8 heteroatoms. The molecule has 0 amide bonds. The highest BCUT2D eigenvalue weighted by Crippen LogP contribution is 2.84. The maximum absolute atomic E-state index is 12.7. The van der Waals surface area contributed by atoms with Gasteiger partial charge >= 0.3 is 11.9 Å². The SMILES string of the molecule is COC(=O)C12C(OC)=NC3C4C1C1C2N=C(OC)C3(C(=O)OC)C14. The Bertz CT molecular complexity index is 677. The van der Waals surface area contributed by atoms with E-state index in [9.17, 15) is 9.59 Å². The summed E-state index contributed by atoms with van der Waals surface area (Å²) in [5, 5.41) is 0. The molecule has 5 aliphatic rings. The zero-order chi connectivity index (χ0) is 17.0. The van der Waals surface area contributed by atoms with Crippen LogP contribution in [0.1, 0.15) is 0 Å². The van der Waals surface area contributed by atoms with E-state index in [-0.39, 0.29) is 47.7 Å². The Morgan fingerprint density at radius 1 is 0.792 bits per heavy atom. The average molecular weight is 334 g/mol. The van der Waals surface area contributed by atoms with Gasteiger partial charge in [0, 0.05) is 0 Å². The molecule has 128 valence electrons. The van der Waals surface area contributed by atoms with Gasteiger partial charge in [-0.25, -0.2) is 9.98 Å². The zero-order valence-corrected chi connectivity index (χ0v) is 13.8. The Kier molecular flexibility index (Phi) is 2.33. The Morgan fingerprint density at radius 3 is 1.46 bits per heavy atom. The Morgan fingerprint density at radius 2 is 1.17 bits per heavy atom. The zero-order valence-electron chi connectivity index (χ0n) is 13.8. The molecule has 24 heavy (non-hydrogen) atoms. The van der Waals surface area contributed by atoms with E-state index < -0.39 is 10.8 Å². The van der Waals surface area contributed by atoms with Gasteiger partial charge in [0.2, 0.25) is 11.8 Å². The van der Waals surface area contributed by atoms with E-state index in [1.54, 1.807) is 0 Å². The van der Waals surface area contributed by atoms with Gasteiger partial charge in [0.1, 0.15) is 0 Å². The van der Waals surface area contributed by atoms with Crippen LogP contribution in [0.5, 0.6) is 0 Å². The van der Waals surface area contributed by atoms with E-state index in [1.165, 1.54) is 28.4 Å². The molecule has 0 saturated heterocycles. The minimum atomic E-state index is -0.974. The molecule has 0 aromatic rings. The van der Waals surface area contributed by atoms with E-state index in [4.69, 9.17) is 18.9 Å². The van der Waals surface area contributed by atoms with Crippen molar-refractivity contribution in [3.63, 3.8) is 0 Å². The lowest BCUT2D eigenvalue weighted by Gasteiger charge is -2.83. The van der Waals surface area contributed by atoms with Gasteiger partial charge in [0.15, 0.2) is 10.8 Å². The monoisotopic (exact) mass is 334 g/mol. The number of carbonyl (C=O) groups excluding carboxylic acids is 2. The maximum atomic E-state index is 12.7. The van der Waals surface area contributed by atoms with Gasteiger partial charge < -0.3 is 18.9 Å². The fourth-order valence-corrected chi connectivity index (χ4v) is 6.43. The normalized spacial score (nSPS) is 50.8. The number of methoxy groups -OCH3 is 4. The number of fused-ring (bicyclic) bond motifs is 2. The standard InChI is InChI=1S/C16H18N2O6/c1-21-11-15(13(19)23-3)7-5-8-6(7)10(17-11)16(8,14(20)24-4)12(22-2)18-9(5)15/h5-10H,1-4H3. The van der Waals surface area contributed by atoms with Crippen LogP contribution in [-0.4, -0.2) is 64.3 Å². The molecule has 0 radical (unpaired) electrons. The number of carbonyl (C=O) groups is 2. The Hall–Kier alpha value is -2.12. The molecule has 0 aromatic carbocycles. The lowest BCUT2D eigenvalue weighted by Crippen LogP contribution is -2.94. The average Bonchev–Trinajstić information content (AvgIpc) is 2.55. The van der Waals surface area contributed by atoms with Crippen LogP contribution in [0.2, 0.25) is 0 Å². The third-order valence-electron chi connectivity index (χ3n) is 7.03. The van der Waals surface area contributed by atoms with Crippen molar-refractivity contribution in [1.82, 2.24) is 0 Å². The number of aliphatic imine (C=N–C) groups is 2. The van der Waals surface area contributed by atoms with E-state index in [0.29, 0.717) is 11.8 Å². The minimum Gasteiger partial charge on any atom is -0.483 e. The summed E-state index contributed by atoms with van der Waals surface area (Å²) in [7, 11) is 5.71. The van der Waals surface area contributed by atoms with Crippen LogP contribution in [0.3, 0.4) is 0 Å². The smallest absolute Gasteiger partial charge is 0.323 e. The Balaban J connectivity index is 1.76. The van der Waals surface area contributed by atoms with Gasteiger partial charge in [-0.05, 0) is 23.7 Å². The molecule has 4 unspecified atom stereocenters. The minimum absolute atomic E-state index is 0.0670. The number of nitrogens with zero attached hydrogens (tertiary/aromatic N) is 2. The maximum Gasteiger partial charge on any atom is 0.323 e. The summed E-state index contributed by atoms with van der Waals surface area (Å²) in [4.78, 5) is 34.7. The molecule has 2 aliphatic heterocycles. The molecule has 0 aromatic heterocycles. The highest BCUT2D eigenvalue weighted by atomic mass is 16.5. The highest BCUT2D eigenvalue weighted by Gasteiger charge is 2.95. The Labute approximate surface area is 138 Å². The number of rotatable bonds is 2. The number of hydrogen-bond donors (Lipinski definition) is 0. The molecule has 3 saturated carbocycles. The van der Waals surface area contributed by atoms with E-state index in [1.807, 2.05) is 0 Å². The van der Waals surface area contributed by atoms with Crippen molar-refractivity contribution in [3.05, 3.63) is 0 Å². The first-order chi connectivity index (χ1) is 11.6. The van der Waals surface area contributed by atoms with Crippen LogP contribution in [-0.2, 0) is 28.5 Å². The fourth-order valence-electron chi connectivity index (χ4n) is 6.43. The van der Waals surface area contributed by atoms with Crippen molar-refractivity contribution >= 4 is 23.7 Å². The highest BCUT2D eigenvalue weighted by molar-refractivity contribution is 6.13. The summed E-state index contributed by atoms with van der Waals surface area (Å²) in [6.45, 7) is 0. The summed E-state index contributed by atoms with van der Waals surface area (Å²) < 4.78 is 21.1. The third kappa shape index (κ3) is 0.961. The van der Waals surface area contributed by atoms with Crippen LogP contribution in [0.15, 0.2) is 9.98 Å². The summed E-state index contributed by atoms with van der Waals surface area (Å²) in [6, 6.07) is -0.715. The molecule has 4 atom stereocenters. The lowest BCUT2D eigenvalue weighted by atomic mass is 9.20. The van der Waals surface area contributed by atoms with Gasteiger partial charge in [-0.2, -0.15) is 0 Å². The predicted octanol–water partition coefficient (Wildman–Crippen LogP) is -0.335. The first-order valence-corrected chi connectivity index (χ1v) is 7.98. The molecule has 5 rings (SSSR count). The van der Waals surface area contributed by atoms with Crippen LogP contribution in [0, 0.1) is 34.5 Å². The molecule has 0 bridgehead atoms. The van der Waals surface area contributed by atoms with Crippen molar-refractivity contribution in [2.75, 3.05) is 28.4 Å². The first-order valence-electron chi connectivity index (χ1n) is 7.98. The van der Waals surface area contributed by atoms with Gasteiger partial charge in [0.05, 0.1) is 40.5 Å². The van der Waals surface area contributed by atoms with E-state index >= 15 is 0 Å². The third-order valence-corrected chi connectivity index (χ3v) is 7.03. The molecule has 0 N–H and O–H groups in total. The number of esters is 2. The van der Waals surface area contributed by atoms with Crippen molar-refractivity contribution < 1.29 is 28.5 Å². The quantitative estimate of drug-likeness (QED) is 0.642. The van der Waals surface area contributed by atoms with E-state index in [2.05, 4.69) is 9.98 Å². The molecular weight excluding hydrogens is 316 g/mol.